The Morgan fingerprint density at radius 3 is 2.50 bits per heavy atom. The topological polar surface area (TPSA) is 12.9 Å². The number of alkyl halides is 4. The van der Waals surface area contributed by atoms with E-state index in [1.807, 2.05) is 0 Å². The Kier molecular flexibility index (Phi) is 2.77. The Bertz CT molecular complexity index is 270. The van der Waals surface area contributed by atoms with Gasteiger partial charge in [0.1, 0.15) is 5.01 Å². The molecule has 0 aliphatic carbocycles. The number of thiazole rings is 1. The van der Waals surface area contributed by atoms with Crippen LogP contribution >= 0.6 is 27.3 Å². The van der Waals surface area contributed by atoms with Gasteiger partial charge in [0.25, 0.3) is 0 Å². The van der Waals surface area contributed by atoms with Crippen molar-refractivity contribution in [2.24, 2.45) is 0 Å². The average molecular weight is 260 g/mol. The number of halogens is 4. The van der Waals surface area contributed by atoms with E-state index in [1.165, 1.54) is 0 Å². The molecule has 1 rings (SSSR count). The molecule has 0 aliphatic rings. The molecule has 1 atom stereocenters. The molecule has 68 valence electrons. The molecule has 0 amide bonds. The SMILES string of the molecule is Cc1csc(C(Br)C(F)(F)F)n1. The molecular formula is C6H5BrF3NS. The highest BCUT2D eigenvalue weighted by atomic mass is 79.9. The number of nitrogens with zero attached hydrogens (tertiary/aromatic N) is 1. The number of hydrogen-bond acceptors (Lipinski definition) is 2. The van der Waals surface area contributed by atoms with Gasteiger partial charge in [0.05, 0.1) is 0 Å². The summed E-state index contributed by atoms with van der Waals surface area (Å²) in [5.74, 6) is 0. The summed E-state index contributed by atoms with van der Waals surface area (Å²) in [6.45, 7) is 1.66. The molecule has 0 spiro atoms. The smallest absolute Gasteiger partial charge is 0.245 e. The second-order valence-electron chi connectivity index (χ2n) is 2.23. The minimum absolute atomic E-state index is 0.0556. The van der Waals surface area contributed by atoms with E-state index in [9.17, 15) is 13.2 Å². The van der Waals surface area contributed by atoms with E-state index in [0.29, 0.717) is 5.69 Å². The molecule has 0 saturated heterocycles. The Balaban J connectivity index is 2.85. The lowest BCUT2D eigenvalue weighted by molar-refractivity contribution is -0.128. The quantitative estimate of drug-likeness (QED) is 0.705. The van der Waals surface area contributed by atoms with Crippen molar-refractivity contribution >= 4 is 27.3 Å². The zero-order valence-electron chi connectivity index (χ0n) is 6.02. The molecule has 12 heavy (non-hydrogen) atoms. The van der Waals surface area contributed by atoms with Crippen LogP contribution in [-0.4, -0.2) is 11.2 Å². The van der Waals surface area contributed by atoms with E-state index in [-0.39, 0.29) is 5.01 Å². The Morgan fingerprint density at radius 1 is 1.58 bits per heavy atom. The lowest BCUT2D eigenvalue weighted by Crippen LogP contribution is -2.14. The first-order valence-corrected chi connectivity index (χ1v) is 4.83. The summed E-state index contributed by atoms with van der Waals surface area (Å²) in [6.07, 6.45) is -4.26. The molecule has 1 unspecified atom stereocenters. The molecule has 0 aromatic carbocycles. The van der Waals surface area contributed by atoms with E-state index >= 15 is 0 Å². The van der Waals surface area contributed by atoms with Crippen molar-refractivity contribution in [2.45, 2.75) is 17.9 Å². The van der Waals surface area contributed by atoms with Crippen molar-refractivity contribution < 1.29 is 13.2 Å². The predicted octanol–water partition coefficient (Wildman–Crippen LogP) is 3.45. The summed E-state index contributed by atoms with van der Waals surface area (Å²) >= 11 is 3.55. The summed E-state index contributed by atoms with van der Waals surface area (Å²) in [5.41, 5.74) is 0.615. The van der Waals surface area contributed by atoms with E-state index in [4.69, 9.17) is 0 Å². The van der Waals surface area contributed by atoms with Crippen LogP contribution in [0.15, 0.2) is 5.38 Å². The van der Waals surface area contributed by atoms with Gasteiger partial charge in [-0.3, -0.25) is 0 Å². The van der Waals surface area contributed by atoms with Crippen molar-refractivity contribution in [1.29, 1.82) is 0 Å². The van der Waals surface area contributed by atoms with E-state index in [1.54, 1.807) is 12.3 Å². The van der Waals surface area contributed by atoms with Gasteiger partial charge < -0.3 is 0 Å². The van der Waals surface area contributed by atoms with Gasteiger partial charge in [0.15, 0.2) is 4.83 Å². The molecule has 1 aromatic heterocycles. The van der Waals surface area contributed by atoms with Crippen LogP contribution in [0.1, 0.15) is 15.5 Å². The molecule has 0 bridgehead atoms. The van der Waals surface area contributed by atoms with Crippen LogP contribution in [0.4, 0.5) is 13.2 Å². The molecule has 0 N–H and O–H groups in total. The largest absolute Gasteiger partial charge is 0.407 e. The summed E-state index contributed by atoms with van der Waals surface area (Å²) in [6, 6.07) is 0. The van der Waals surface area contributed by atoms with Gasteiger partial charge in [-0.05, 0) is 6.92 Å². The summed E-state index contributed by atoms with van der Waals surface area (Å²) in [4.78, 5) is 2.09. The second kappa shape index (κ2) is 3.33. The lowest BCUT2D eigenvalue weighted by atomic mass is 10.4. The third-order valence-corrected chi connectivity index (χ3v) is 3.42. The molecule has 0 saturated carbocycles. The van der Waals surface area contributed by atoms with Crippen molar-refractivity contribution in [3.05, 3.63) is 16.1 Å². The lowest BCUT2D eigenvalue weighted by Gasteiger charge is -2.10. The van der Waals surface area contributed by atoms with Crippen molar-refractivity contribution in [2.75, 3.05) is 0 Å². The Hall–Kier alpha value is -0.100. The van der Waals surface area contributed by atoms with E-state index in [2.05, 4.69) is 20.9 Å². The van der Waals surface area contributed by atoms with Crippen LogP contribution in [0.3, 0.4) is 0 Å². The van der Waals surface area contributed by atoms with Gasteiger partial charge in [0, 0.05) is 11.1 Å². The fourth-order valence-corrected chi connectivity index (χ4v) is 1.85. The molecule has 1 aromatic rings. The van der Waals surface area contributed by atoms with Crippen molar-refractivity contribution in [3.63, 3.8) is 0 Å². The first-order valence-electron chi connectivity index (χ1n) is 3.04. The molecule has 0 fully saturated rings. The highest BCUT2D eigenvalue weighted by molar-refractivity contribution is 9.09. The maximum Gasteiger partial charge on any atom is 0.407 e. The maximum absolute atomic E-state index is 12.1. The van der Waals surface area contributed by atoms with Gasteiger partial charge in [0.2, 0.25) is 0 Å². The minimum atomic E-state index is -4.26. The van der Waals surface area contributed by atoms with Gasteiger partial charge in [-0.15, -0.1) is 11.3 Å². The van der Waals surface area contributed by atoms with Crippen LogP contribution in [0.5, 0.6) is 0 Å². The number of aromatic nitrogens is 1. The molecule has 6 heteroatoms. The normalized spacial score (nSPS) is 14.8. The van der Waals surface area contributed by atoms with Crippen molar-refractivity contribution in [3.8, 4) is 0 Å². The monoisotopic (exact) mass is 259 g/mol. The molecule has 1 heterocycles. The third-order valence-electron chi connectivity index (χ3n) is 1.14. The summed E-state index contributed by atoms with van der Waals surface area (Å²) < 4.78 is 36.2. The Labute approximate surface area is 79.8 Å². The van der Waals surface area contributed by atoms with Crippen molar-refractivity contribution in [1.82, 2.24) is 4.98 Å². The highest BCUT2D eigenvalue weighted by Crippen LogP contribution is 2.40. The number of hydrogen-bond donors (Lipinski definition) is 0. The van der Waals surface area contributed by atoms with Gasteiger partial charge in [-0.1, -0.05) is 15.9 Å². The predicted molar refractivity (Wildman–Crippen MR) is 44.6 cm³/mol. The third kappa shape index (κ3) is 2.20. The first kappa shape index (κ1) is 9.98. The van der Waals surface area contributed by atoms with Crippen LogP contribution in [0.2, 0.25) is 0 Å². The Morgan fingerprint density at radius 2 is 2.17 bits per heavy atom. The molecule has 0 radical (unpaired) electrons. The zero-order chi connectivity index (χ0) is 9.35. The fourth-order valence-electron chi connectivity index (χ4n) is 0.629. The van der Waals surface area contributed by atoms with Gasteiger partial charge in [-0.25, -0.2) is 4.98 Å². The van der Waals surface area contributed by atoms with E-state index in [0.717, 1.165) is 11.3 Å². The highest BCUT2D eigenvalue weighted by Gasteiger charge is 2.40. The molecular weight excluding hydrogens is 255 g/mol. The number of rotatable bonds is 1. The zero-order valence-corrected chi connectivity index (χ0v) is 8.42. The fraction of sp³-hybridized carbons (Fsp3) is 0.500. The first-order chi connectivity index (χ1) is 5.41. The second-order valence-corrected chi connectivity index (χ2v) is 4.04. The van der Waals surface area contributed by atoms with Gasteiger partial charge in [-0.2, -0.15) is 13.2 Å². The summed E-state index contributed by atoms with van der Waals surface area (Å²) in [5, 5.41) is 1.65. The van der Waals surface area contributed by atoms with Crippen LogP contribution in [-0.2, 0) is 0 Å². The molecule has 1 nitrogen and oxygen atoms in total. The van der Waals surface area contributed by atoms with Crippen LogP contribution < -0.4 is 0 Å². The van der Waals surface area contributed by atoms with Crippen LogP contribution in [0, 0.1) is 6.92 Å². The van der Waals surface area contributed by atoms with E-state index < -0.39 is 11.0 Å². The average Bonchev–Trinajstić information content (AvgIpc) is 2.32. The van der Waals surface area contributed by atoms with Crippen LogP contribution in [0.25, 0.3) is 0 Å². The standard InChI is InChI=1S/C6H5BrF3NS/c1-3-2-12-5(11-3)4(7)6(8,9)10/h2,4H,1H3. The molecule has 0 aliphatic heterocycles. The maximum atomic E-state index is 12.1. The van der Waals surface area contributed by atoms with Gasteiger partial charge >= 0.3 is 6.18 Å². The summed E-state index contributed by atoms with van der Waals surface area (Å²) in [7, 11) is 0. The number of aryl methyl sites for hydroxylation is 1. The minimum Gasteiger partial charge on any atom is -0.245 e.